The molecule has 1 aromatic heterocycles. The van der Waals surface area contributed by atoms with Crippen molar-refractivity contribution >= 4 is 35.6 Å². The van der Waals surface area contributed by atoms with E-state index in [1.165, 1.54) is 11.8 Å². The number of carbonyl (C=O) groups excluding carboxylic acids is 4. The molecule has 2 aromatic carbocycles. The number of pyridine rings is 1. The van der Waals surface area contributed by atoms with Gasteiger partial charge in [-0.15, -0.1) is 0 Å². The Morgan fingerprint density at radius 1 is 0.889 bits per heavy atom. The number of hydrogen-bond acceptors (Lipinski definition) is 8. The number of benzene rings is 2. The molecule has 0 unspecified atom stereocenters. The highest BCUT2D eigenvalue weighted by molar-refractivity contribution is 7.99. The van der Waals surface area contributed by atoms with Crippen LogP contribution >= 0.6 is 11.8 Å². The number of hydrogen-bond donors (Lipinski definition) is 1. The number of rotatable bonds is 10. The van der Waals surface area contributed by atoms with Crippen molar-refractivity contribution in [2.45, 2.75) is 62.0 Å². The third-order valence-electron chi connectivity index (χ3n) is 6.86. The molecule has 0 bridgehead atoms. The van der Waals surface area contributed by atoms with E-state index in [1.54, 1.807) is 43.6 Å². The molecular weight excluding hydrogens is 592 g/mol. The summed E-state index contributed by atoms with van der Waals surface area (Å²) in [6.45, 7) is 8.48. The fourth-order valence-corrected chi connectivity index (χ4v) is 5.66. The summed E-state index contributed by atoms with van der Waals surface area (Å²) in [5.41, 5.74) is 0.933. The number of piperazine rings is 1. The zero-order valence-corrected chi connectivity index (χ0v) is 27.0. The van der Waals surface area contributed by atoms with Crippen molar-refractivity contribution in [3.05, 3.63) is 78.5 Å². The standard InChI is InChI=1S/C34H40N4O6S/c1-5-43-33(42)38-20-18-37(19-21-38)32(41)27(16-17-30(39)44-34(2,3)4)36-31(40)29-23-26(45-25-14-10-7-11-15-25)22-28(35-29)24-12-8-6-9-13-24/h6-15,22-23,27H,5,16-21H2,1-4H3,(H,36,40)/t27-/m0/s1. The van der Waals surface area contributed by atoms with Crippen molar-refractivity contribution in [2.24, 2.45) is 0 Å². The molecule has 10 nitrogen and oxygen atoms in total. The molecule has 1 fully saturated rings. The van der Waals surface area contributed by atoms with Gasteiger partial charge in [0.1, 0.15) is 17.3 Å². The molecule has 4 rings (SSSR count). The molecule has 1 aliphatic rings. The maximum absolute atomic E-state index is 13.8. The average Bonchev–Trinajstić information content (AvgIpc) is 3.02. The van der Waals surface area contributed by atoms with E-state index < -0.39 is 29.6 Å². The second kappa shape index (κ2) is 15.6. The van der Waals surface area contributed by atoms with Crippen molar-refractivity contribution in [1.82, 2.24) is 20.1 Å². The summed E-state index contributed by atoms with van der Waals surface area (Å²) in [6.07, 6.45) is -0.446. The normalized spacial score (nSPS) is 14.0. The number of carbonyl (C=O) groups is 4. The molecule has 45 heavy (non-hydrogen) atoms. The summed E-state index contributed by atoms with van der Waals surface area (Å²) in [6, 6.07) is 22.0. The smallest absolute Gasteiger partial charge is 0.409 e. The van der Waals surface area contributed by atoms with Crippen LogP contribution in [0.3, 0.4) is 0 Å². The van der Waals surface area contributed by atoms with Crippen molar-refractivity contribution in [1.29, 1.82) is 0 Å². The zero-order chi connectivity index (χ0) is 32.4. The van der Waals surface area contributed by atoms with E-state index >= 15 is 0 Å². The predicted molar refractivity (Wildman–Crippen MR) is 172 cm³/mol. The Hall–Kier alpha value is -4.38. The van der Waals surface area contributed by atoms with Gasteiger partial charge in [0.2, 0.25) is 5.91 Å². The van der Waals surface area contributed by atoms with Crippen LogP contribution in [0.2, 0.25) is 0 Å². The van der Waals surface area contributed by atoms with Crippen molar-refractivity contribution < 1.29 is 28.7 Å². The van der Waals surface area contributed by atoms with Crippen LogP contribution < -0.4 is 5.32 Å². The summed E-state index contributed by atoms with van der Waals surface area (Å²) in [5.74, 6) is -1.34. The van der Waals surface area contributed by atoms with Gasteiger partial charge >= 0.3 is 12.1 Å². The number of nitrogens with zero attached hydrogens (tertiary/aromatic N) is 3. The van der Waals surface area contributed by atoms with E-state index in [-0.39, 0.29) is 44.1 Å². The van der Waals surface area contributed by atoms with Gasteiger partial charge in [-0.1, -0.05) is 60.3 Å². The summed E-state index contributed by atoms with van der Waals surface area (Å²) in [5, 5.41) is 2.86. The molecule has 0 spiro atoms. The highest BCUT2D eigenvalue weighted by Gasteiger charge is 2.32. The second-order valence-electron chi connectivity index (χ2n) is 11.5. The summed E-state index contributed by atoms with van der Waals surface area (Å²) >= 11 is 1.50. The van der Waals surface area contributed by atoms with E-state index in [1.807, 2.05) is 66.7 Å². The predicted octanol–water partition coefficient (Wildman–Crippen LogP) is 5.42. The SMILES string of the molecule is CCOC(=O)N1CCN(C(=O)[C@H](CCC(=O)OC(C)(C)C)NC(=O)c2cc(Sc3ccccc3)cc(-c3ccccc3)n2)CC1. The molecule has 0 aliphatic carbocycles. The Kier molecular flexibility index (Phi) is 11.6. The first-order valence-electron chi connectivity index (χ1n) is 15.1. The van der Waals surface area contributed by atoms with Crippen molar-refractivity contribution in [2.75, 3.05) is 32.8 Å². The first-order valence-corrected chi connectivity index (χ1v) is 15.9. The molecule has 0 radical (unpaired) electrons. The number of aromatic nitrogens is 1. The van der Waals surface area contributed by atoms with Crippen LogP contribution in [0, 0.1) is 0 Å². The Labute approximate surface area is 268 Å². The van der Waals surface area contributed by atoms with Gasteiger partial charge in [0.15, 0.2) is 0 Å². The largest absolute Gasteiger partial charge is 0.460 e. The molecule has 2 heterocycles. The van der Waals surface area contributed by atoms with Crippen LogP contribution in [0.25, 0.3) is 11.3 Å². The van der Waals surface area contributed by atoms with Crippen LogP contribution in [0.1, 0.15) is 51.0 Å². The van der Waals surface area contributed by atoms with Crippen molar-refractivity contribution in [3.63, 3.8) is 0 Å². The number of nitrogens with one attached hydrogen (secondary N) is 1. The molecule has 3 amide bonds. The first kappa shape index (κ1) is 33.5. The quantitative estimate of drug-likeness (QED) is 0.295. The monoisotopic (exact) mass is 632 g/mol. The first-order chi connectivity index (χ1) is 21.5. The number of amides is 3. The lowest BCUT2D eigenvalue weighted by molar-refractivity contribution is -0.155. The minimum absolute atomic E-state index is 0.0432. The molecule has 1 saturated heterocycles. The van der Waals surface area contributed by atoms with E-state index in [9.17, 15) is 19.2 Å². The fourth-order valence-electron chi connectivity index (χ4n) is 4.75. The van der Waals surface area contributed by atoms with Gasteiger partial charge in [0.25, 0.3) is 5.91 Å². The summed E-state index contributed by atoms with van der Waals surface area (Å²) < 4.78 is 10.5. The van der Waals surface area contributed by atoms with Gasteiger partial charge in [0.05, 0.1) is 12.3 Å². The second-order valence-corrected chi connectivity index (χ2v) is 12.7. The van der Waals surface area contributed by atoms with Gasteiger partial charge in [-0.05, 0) is 58.4 Å². The van der Waals surface area contributed by atoms with E-state index in [4.69, 9.17) is 9.47 Å². The van der Waals surface area contributed by atoms with Gasteiger partial charge in [0, 0.05) is 48.0 Å². The molecule has 1 aliphatic heterocycles. The zero-order valence-electron chi connectivity index (χ0n) is 26.2. The molecule has 11 heteroatoms. The lowest BCUT2D eigenvalue weighted by atomic mass is 10.1. The highest BCUT2D eigenvalue weighted by Crippen LogP contribution is 2.31. The molecular formula is C34H40N4O6S. The van der Waals surface area contributed by atoms with Gasteiger partial charge < -0.3 is 24.6 Å². The van der Waals surface area contributed by atoms with E-state index in [2.05, 4.69) is 10.3 Å². The lowest BCUT2D eigenvalue weighted by Gasteiger charge is -2.36. The van der Waals surface area contributed by atoms with Crippen LogP contribution in [0.15, 0.2) is 82.6 Å². The third kappa shape index (κ3) is 10.1. The molecule has 1 atom stereocenters. The highest BCUT2D eigenvalue weighted by atomic mass is 32.2. The Bertz CT molecular complexity index is 1470. The van der Waals surface area contributed by atoms with Crippen LogP contribution in [-0.2, 0) is 19.1 Å². The van der Waals surface area contributed by atoms with Crippen LogP contribution in [0.5, 0.6) is 0 Å². The number of esters is 1. The van der Waals surface area contributed by atoms with Gasteiger partial charge in [-0.3, -0.25) is 14.4 Å². The molecule has 238 valence electrons. The topological polar surface area (TPSA) is 118 Å². The maximum atomic E-state index is 13.8. The molecule has 3 aromatic rings. The van der Waals surface area contributed by atoms with Gasteiger partial charge in [-0.25, -0.2) is 9.78 Å². The molecule has 0 saturated carbocycles. The van der Waals surface area contributed by atoms with Crippen molar-refractivity contribution in [3.8, 4) is 11.3 Å². The Morgan fingerprint density at radius 3 is 2.13 bits per heavy atom. The summed E-state index contributed by atoms with van der Waals surface area (Å²) in [7, 11) is 0. The Balaban J connectivity index is 1.57. The minimum atomic E-state index is -1.01. The number of ether oxygens (including phenoxy) is 2. The van der Waals surface area contributed by atoms with Crippen LogP contribution in [-0.4, -0.2) is 83.1 Å². The minimum Gasteiger partial charge on any atom is -0.460 e. The fraction of sp³-hybridized carbons (Fsp3) is 0.382. The third-order valence-corrected chi connectivity index (χ3v) is 7.84. The molecule has 1 N–H and O–H groups in total. The maximum Gasteiger partial charge on any atom is 0.409 e. The lowest BCUT2D eigenvalue weighted by Crippen LogP contribution is -2.56. The Morgan fingerprint density at radius 2 is 1.51 bits per heavy atom. The van der Waals surface area contributed by atoms with Gasteiger partial charge in [-0.2, -0.15) is 0 Å². The van der Waals surface area contributed by atoms with E-state index in [0.717, 1.165) is 15.4 Å². The van der Waals surface area contributed by atoms with E-state index in [0.29, 0.717) is 18.8 Å². The summed E-state index contributed by atoms with van der Waals surface area (Å²) in [4.78, 5) is 61.9. The average molecular weight is 633 g/mol. The van der Waals surface area contributed by atoms with Crippen LogP contribution in [0.4, 0.5) is 4.79 Å².